The van der Waals surface area contributed by atoms with Crippen LogP contribution in [0.4, 0.5) is 4.39 Å². The monoisotopic (exact) mass is 207 g/mol. The first-order chi connectivity index (χ1) is 7.16. The molecule has 1 aliphatic carbocycles. The van der Waals surface area contributed by atoms with Gasteiger partial charge in [-0.05, 0) is 49.4 Å². The van der Waals surface area contributed by atoms with Gasteiger partial charge in [0.1, 0.15) is 5.82 Å². The molecule has 1 aliphatic rings. The minimum absolute atomic E-state index is 0.152. The summed E-state index contributed by atoms with van der Waals surface area (Å²) in [5, 5.41) is 3.45. The fourth-order valence-corrected chi connectivity index (χ4v) is 1.91. The van der Waals surface area contributed by atoms with Crippen molar-refractivity contribution < 1.29 is 4.39 Å². The minimum atomic E-state index is -0.152. The van der Waals surface area contributed by atoms with E-state index in [2.05, 4.69) is 19.2 Å². The van der Waals surface area contributed by atoms with Crippen molar-refractivity contribution in [2.75, 3.05) is 6.54 Å². The molecule has 1 nitrogen and oxygen atoms in total. The molecule has 2 heteroatoms. The molecule has 2 rings (SSSR count). The van der Waals surface area contributed by atoms with Crippen molar-refractivity contribution in [3.8, 4) is 0 Å². The van der Waals surface area contributed by atoms with Gasteiger partial charge in [-0.3, -0.25) is 0 Å². The first-order valence-electron chi connectivity index (χ1n) is 5.65. The van der Waals surface area contributed by atoms with Gasteiger partial charge in [0.2, 0.25) is 0 Å². The Bertz CT molecular complexity index is 337. The number of benzene rings is 1. The summed E-state index contributed by atoms with van der Waals surface area (Å²) in [7, 11) is 0. The van der Waals surface area contributed by atoms with Crippen LogP contribution < -0.4 is 5.32 Å². The first kappa shape index (κ1) is 10.6. The van der Waals surface area contributed by atoms with Crippen LogP contribution in [-0.4, -0.2) is 6.54 Å². The number of hydrogen-bond acceptors (Lipinski definition) is 1. The number of hydrogen-bond donors (Lipinski definition) is 1. The molecule has 82 valence electrons. The van der Waals surface area contributed by atoms with Crippen LogP contribution in [0.15, 0.2) is 24.3 Å². The zero-order valence-electron chi connectivity index (χ0n) is 9.33. The van der Waals surface area contributed by atoms with Crippen LogP contribution in [0.1, 0.15) is 31.9 Å². The Kier molecular flexibility index (Phi) is 3.06. The second-order valence-electron chi connectivity index (χ2n) is 4.66. The largest absolute Gasteiger partial charge is 0.310 e. The molecule has 0 heterocycles. The van der Waals surface area contributed by atoms with Gasteiger partial charge in [0.15, 0.2) is 0 Å². The Balaban J connectivity index is 1.87. The predicted molar refractivity (Wildman–Crippen MR) is 60.1 cm³/mol. The molecule has 15 heavy (non-hydrogen) atoms. The van der Waals surface area contributed by atoms with Crippen LogP contribution in [0.2, 0.25) is 0 Å². The van der Waals surface area contributed by atoms with Crippen molar-refractivity contribution in [3.05, 3.63) is 35.6 Å². The highest BCUT2D eigenvalue weighted by molar-refractivity contribution is 5.19. The van der Waals surface area contributed by atoms with Crippen molar-refractivity contribution >= 4 is 0 Å². The molecule has 0 aromatic heterocycles. The summed E-state index contributed by atoms with van der Waals surface area (Å²) >= 11 is 0. The molecule has 1 saturated carbocycles. The van der Waals surface area contributed by atoms with Gasteiger partial charge in [0.25, 0.3) is 0 Å². The van der Waals surface area contributed by atoms with E-state index in [-0.39, 0.29) is 11.9 Å². The lowest BCUT2D eigenvalue weighted by atomic mass is 10.1. The maximum absolute atomic E-state index is 13.0. The number of halogens is 1. The van der Waals surface area contributed by atoms with Crippen molar-refractivity contribution in [3.63, 3.8) is 0 Å². The van der Waals surface area contributed by atoms with E-state index in [1.165, 1.54) is 12.5 Å². The molecule has 0 spiro atoms. The highest BCUT2D eigenvalue weighted by atomic mass is 19.1. The fourth-order valence-electron chi connectivity index (χ4n) is 1.91. The van der Waals surface area contributed by atoms with Crippen molar-refractivity contribution in [1.82, 2.24) is 5.32 Å². The maximum atomic E-state index is 13.0. The smallest absolute Gasteiger partial charge is 0.123 e. The Labute approximate surface area is 90.7 Å². The quantitative estimate of drug-likeness (QED) is 0.799. The summed E-state index contributed by atoms with van der Waals surface area (Å²) < 4.78 is 13.0. The maximum Gasteiger partial charge on any atom is 0.123 e. The molecule has 1 aromatic carbocycles. The van der Waals surface area contributed by atoms with E-state index in [0.29, 0.717) is 0 Å². The molecule has 3 atom stereocenters. The van der Waals surface area contributed by atoms with Crippen LogP contribution in [0.5, 0.6) is 0 Å². The average molecular weight is 207 g/mol. The molecular weight excluding hydrogens is 189 g/mol. The van der Waals surface area contributed by atoms with Crippen LogP contribution in [0, 0.1) is 17.7 Å². The van der Waals surface area contributed by atoms with E-state index in [1.807, 2.05) is 6.07 Å². The normalized spacial score (nSPS) is 26.3. The van der Waals surface area contributed by atoms with Crippen molar-refractivity contribution in [1.29, 1.82) is 0 Å². The lowest BCUT2D eigenvalue weighted by molar-refractivity contribution is 0.531. The summed E-state index contributed by atoms with van der Waals surface area (Å²) in [6.07, 6.45) is 1.34. The average Bonchev–Trinajstić information content (AvgIpc) is 2.91. The second-order valence-corrected chi connectivity index (χ2v) is 4.66. The second kappa shape index (κ2) is 4.31. The van der Waals surface area contributed by atoms with E-state index in [0.717, 1.165) is 23.9 Å². The van der Waals surface area contributed by atoms with Crippen LogP contribution >= 0.6 is 0 Å². The topological polar surface area (TPSA) is 12.0 Å². The fraction of sp³-hybridized carbons (Fsp3) is 0.538. The van der Waals surface area contributed by atoms with Gasteiger partial charge in [0, 0.05) is 6.04 Å². The van der Waals surface area contributed by atoms with Crippen molar-refractivity contribution in [2.45, 2.75) is 26.3 Å². The summed E-state index contributed by atoms with van der Waals surface area (Å²) in [6.45, 7) is 5.42. The summed E-state index contributed by atoms with van der Waals surface area (Å²) in [5.41, 5.74) is 1.03. The van der Waals surface area contributed by atoms with Gasteiger partial charge in [-0.15, -0.1) is 0 Å². The molecule has 0 bridgehead atoms. The molecule has 1 aromatic rings. The third-order valence-corrected chi connectivity index (χ3v) is 3.31. The van der Waals surface area contributed by atoms with Gasteiger partial charge in [-0.2, -0.15) is 0 Å². The predicted octanol–water partition coefficient (Wildman–Crippen LogP) is 3.13. The first-order valence-corrected chi connectivity index (χ1v) is 5.65. The van der Waals surface area contributed by atoms with E-state index < -0.39 is 0 Å². The van der Waals surface area contributed by atoms with E-state index in [9.17, 15) is 4.39 Å². The molecule has 3 unspecified atom stereocenters. The minimum Gasteiger partial charge on any atom is -0.310 e. The third kappa shape index (κ3) is 2.78. The zero-order chi connectivity index (χ0) is 10.8. The highest BCUT2D eigenvalue weighted by Gasteiger charge is 2.32. The molecule has 0 amide bonds. The molecule has 1 N–H and O–H groups in total. The molecule has 0 radical (unpaired) electrons. The Hall–Kier alpha value is -0.890. The molecule has 0 saturated heterocycles. The Morgan fingerprint density at radius 1 is 1.53 bits per heavy atom. The Morgan fingerprint density at radius 3 is 2.87 bits per heavy atom. The molecule has 1 fully saturated rings. The summed E-state index contributed by atoms with van der Waals surface area (Å²) in [5.74, 6) is 1.55. The summed E-state index contributed by atoms with van der Waals surface area (Å²) in [4.78, 5) is 0. The molecule has 0 aliphatic heterocycles. The van der Waals surface area contributed by atoms with Crippen LogP contribution in [-0.2, 0) is 0 Å². The lowest BCUT2D eigenvalue weighted by Crippen LogP contribution is -2.21. The SMILES string of the molecule is CC(NCC1CC1C)c1cccc(F)c1. The van der Waals surface area contributed by atoms with Crippen LogP contribution in [0.3, 0.4) is 0 Å². The van der Waals surface area contributed by atoms with Gasteiger partial charge >= 0.3 is 0 Å². The van der Waals surface area contributed by atoms with Gasteiger partial charge < -0.3 is 5.32 Å². The standard InChI is InChI=1S/C13H18FN/c1-9-6-12(9)8-15-10(2)11-4-3-5-13(14)7-11/h3-5,7,9-10,12,15H,6,8H2,1-2H3. The highest BCUT2D eigenvalue weighted by Crippen LogP contribution is 2.37. The van der Waals surface area contributed by atoms with Crippen molar-refractivity contribution in [2.24, 2.45) is 11.8 Å². The Morgan fingerprint density at radius 2 is 2.27 bits per heavy atom. The number of nitrogens with one attached hydrogen (secondary N) is 1. The van der Waals surface area contributed by atoms with Gasteiger partial charge in [-0.25, -0.2) is 4.39 Å². The van der Waals surface area contributed by atoms with E-state index in [1.54, 1.807) is 12.1 Å². The van der Waals surface area contributed by atoms with Gasteiger partial charge in [0.05, 0.1) is 0 Å². The van der Waals surface area contributed by atoms with Crippen LogP contribution in [0.25, 0.3) is 0 Å². The van der Waals surface area contributed by atoms with E-state index >= 15 is 0 Å². The van der Waals surface area contributed by atoms with E-state index in [4.69, 9.17) is 0 Å². The zero-order valence-corrected chi connectivity index (χ0v) is 9.33. The summed E-state index contributed by atoms with van der Waals surface area (Å²) in [6, 6.07) is 7.07. The van der Waals surface area contributed by atoms with Gasteiger partial charge in [-0.1, -0.05) is 19.1 Å². The third-order valence-electron chi connectivity index (χ3n) is 3.31. The lowest BCUT2D eigenvalue weighted by Gasteiger charge is -2.14. The molecular formula is C13H18FN. The number of rotatable bonds is 4.